The summed E-state index contributed by atoms with van der Waals surface area (Å²) in [5.41, 5.74) is 4.04. The molecule has 2 nitrogen and oxygen atoms in total. The van der Waals surface area contributed by atoms with Crippen molar-refractivity contribution in [3.63, 3.8) is 0 Å². The molecule has 0 saturated carbocycles. The fourth-order valence-electron chi connectivity index (χ4n) is 3.31. The molecule has 3 aromatic carbocycles. The Bertz CT molecular complexity index is 827. The Morgan fingerprint density at radius 3 is 2.09 bits per heavy atom. The Balaban J connectivity index is 1.87. The van der Waals surface area contributed by atoms with Gasteiger partial charge in [-0.15, -0.1) is 0 Å². The second-order valence-electron chi connectivity index (χ2n) is 5.80. The molecule has 0 aromatic heterocycles. The number of nitrogens with zero attached hydrogens (tertiary/aromatic N) is 1. The number of carbonyl (C=O) groups excluding carboxylic acids is 1. The second-order valence-corrected chi connectivity index (χ2v) is 5.80. The number of carbonyl (C=O) groups is 1. The van der Waals surface area contributed by atoms with E-state index >= 15 is 0 Å². The van der Waals surface area contributed by atoms with Crippen molar-refractivity contribution >= 4 is 11.6 Å². The fraction of sp³-hybridized carbons (Fsp3) is 0.0952. The van der Waals surface area contributed by atoms with Crippen LogP contribution in [0.5, 0.6) is 0 Å². The van der Waals surface area contributed by atoms with Gasteiger partial charge >= 0.3 is 0 Å². The zero-order valence-electron chi connectivity index (χ0n) is 12.7. The predicted molar refractivity (Wildman–Crippen MR) is 92.6 cm³/mol. The lowest BCUT2D eigenvalue weighted by Gasteiger charge is -2.37. The van der Waals surface area contributed by atoms with Crippen LogP contribution in [0.1, 0.15) is 27.5 Å². The standard InChI is InChI=1S/C21H17NO/c23-21-19-14-8-7-11-17(19)15-20(16-9-3-1-4-10-16)22(21)18-12-5-2-6-13-18/h1-14,20H,15H2/t20-/m1/s1. The van der Waals surface area contributed by atoms with E-state index in [1.54, 1.807) is 0 Å². The average molecular weight is 299 g/mol. The molecule has 0 aliphatic carbocycles. The van der Waals surface area contributed by atoms with Gasteiger partial charge in [-0.25, -0.2) is 0 Å². The van der Waals surface area contributed by atoms with E-state index in [9.17, 15) is 4.79 Å². The summed E-state index contributed by atoms with van der Waals surface area (Å²) in [5.74, 6) is 0.0758. The Kier molecular flexibility index (Phi) is 3.43. The third-order valence-corrected chi connectivity index (χ3v) is 4.41. The van der Waals surface area contributed by atoms with Gasteiger partial charge in [-0.3, -0.25) is 4.79 Å². The summed E-state index contributed by atoms with van der Waals surface area (Å²) < 4.78 is 0. The summed E-state index contributed by atoms with van der Waals surface area (Å²) in [4.78, 5) is 15.1. The SMILES string of the molecule is O=C1c2ccccc2C[C@H](c2ccccc2)N1c1ccccc1. The van der Waals surface area contributed by atoms with Crippen LogP contribution < -0.4 is 4.90 Å². The topological polar surface area (TPSA) is 20.3 Å². The summed E-state index contributed by atoms with van der Waals surface area (Å²) in [6, 6.07) is 28.2. The van der Waals surface area contributed by atoms with Gasteiger partial charge in [-0.05, 0) is 35.7 Å². The van der Waals surface area contributed by atoms with E-state index in [1.807, 2.05) is 71.6 Å². The highest BCUT2D eigenvalue weighted by Gasteiger charge is 2.33. The van der Waals surface area contributed by atoms with Crippen LogP contribution in [-0.4, -0.2) is 5.91 Å². The van der Waals surface area contributed by atoms with Crippen molar-refractivity contribution in [3.8, 4) is 0 Å². The molecule has 1 aliphatic heterocycles. The van der Waals surface area contributed by atoms with Gasteiger partial charge in [0, 0.05) is 11.3 Å². The molecule has 0 radical (unpaired) electrons. The van der Waals surface area contributed by atoms with Gasteiger partial charge in [0.15, 0.2) is 0 Å². The van der Waals surface area contributed by atoms with Crippen LogP contribution in [0.3, 0.4) is 0 Å². The molecule has 1 aliphatic rings. The van der Waals surface area contributed by atoms with Crippen LogP contribution in [0.2, 0.25) is 0 Å². The lowest BCUT2D eigenvalue weighted by Crippen LogP contribution is -2.40. The number of hydrogen-bond donors (Lipinski definition) is 0. The molecular weight excluding hydrogens is 282 g/mol. The van der Waals surface area contributed by atoms with Crippen molar-refractivity contribution in [2.24, 2.45) is 0 Å². The Morgan fingerprint density at radius 2 is 1.35 bits per heavy atom. The highest BCUT2D eigenvalue weighted by Crippen LogP contribution is 2.36. The zero-order valence-corrected chi connectivity index (χ0v) is 12.7. The van der Waals surface area contributed by atoms with Gasteiger partial charge in [0.2, 0.25) is 0 Å². The van der Waals surface area contributed by atoms with Crippen molar-refractivity contribution in [1.29, 1.82) is 0 Å². The van der Waals surface area contributed by atoms with Crippen molar-refractivity contribution in [2.75, 3.05) is 4.90 Å². The Labute approximate surface area is 136 Å². The predicted octanol–water partition coefficient (Wildman–Crippen LogP) is 4.63. The summed E-state index contributed by atoms with van der Waals surface area (Å²) in [6.45, 7) is 0. The van der Waals surface area contributed by atoms with Crippen LogP contribution in [-0.2, 0) is 6.42 Å². The first kappa shape index (κ1) is 13.8. The summed E-state index contributed by atoms with van der Waals surface area (Å²) in [5, 5.41) is 0. The minimum Gasteiger partial charge on any atom is -0.301 e. The van der Waals surface area contributed by atoms with E-state index in [1.165, 1.54) is 5.56 Å². The van der Waals surface area contributed by atoms with Gasteiger partial charge in [0.05, 0.1) is 6.04 Å². The summed E-state index contributed by atoms with van der Waals surface area (Å²) >= 11 is 0. The smallest absolute Gasteiger partial charge is 0.259 e. The van der Waals surface area contributed by atoms with E-state index in [0.717, 1.165) is 23.2 Å². The number of para-hydroxylation sites is 1. The number of hydrogen-bond acceptors (Lipinski definition) is 1. The fourth-order valence-corrected chi connectivity index (χ4v) is 3.31. The van der Waals surface area contributed by atoms with Gasteiger partial charge in [0.1, 0.15) is 0 Å². The quantitative estimate of drug-likeness (QED) is 0.675. The maximum atomic E-state index is 13.1. The lowest BCUT2D eigenvalue weighted by atomic mass is 9.89. The van der Waals surface area contributed by atoms with Gasteiger partial charge in [0.25, 0.3) is 5.91 Å². The molecule has 0 saturated heterocycles. The number of rotatable bonds is 2. The summed E-state index contributed by atoms with van der Waals surface area (Å²) in [7, 11) is 0. The van der Waals surface area contributed by atoms with E-state index in [4.69, 9.17) is 0 Å². The first-order valence-corrected chi connectivity index (χ1v) is 7.86. The van der Waals surface area contributed by atoms with Crippen molar-refractivity contribution in [1.82, 2.24) is 0 Å². The molecule has 112 valence electrons. The molecule has 0 unspecified atom stereocenters. The van der Waals surface area contributed by atoms with E-state index in [0.29, 0.717) is 0 Å². The van der Waals surface area contributed by atoms with Gasteiger partial charge in [-0.1, -0.05) is 66.7 Å². The molecule has 3 aromatic rings. The molecule has 1 amide bonds. The number of fused-ring (bicyclic) bond motifs is 1. The highest BCUT2D eigenvalue weighted by atomic mass is 16.2. The van der Waals surface area contributed by atoms with E-state index < -0.39 is 0 Å². The largest absolute Gasteiger partial charge is 0.301 e. The average Bonchev–Trinajstić information content (AvgIpc) is 2.63. The van der Waals surface area contributed by atoms with Gasteiger partial charge in [-0.2, -0.15) is 0 Å². The molecule has 0 fully saturated rings. The third kappa shape index (κ3) is 2.42. The minimum absolute atomic E-state index is 0.0287. The molecule has 0 N–H and O–H groups in total. The molecular formula is C21H17NO. The maximum Gasteiger partial charge on any atom is 0.259 e. The Morgan fingerprint density at radius 1 is 0.739 bits per heavy atom. The number of anilines is 1. The van der Waals surface area contributed by atoms with Crippen LogP contribution >= 0.6 is 0 Å². The normalized spacial score (nSPS) is 17.0. The zero-order chi connectivity index (χ0) is 15.6. The molecule has 2 heteroatoms. The monoisotopic (exact) mass is 299 g/mol. The van der Waals surface area contributed by atoms with Crippen LogP contribution in [0.15, 0.2) is 84.9 Å². The highest BCUT2D eigenvalue weighted by molar-refractivity contribution is 6.08. The first-order valence-electron chi connectivity index (χ1n) is 7.86. The number of benzene rings is 3. The lowest BCUT2D eigenvalue weighted by molar-refractivity contribution is 0.0967. The van der Waals surface area contributed by atoms with Crippen LogP contribution in [0.4, 0.5) is 5.69 Å². The minimum atomic E-state index is 0.0287. The van der Waals surface area contributed by atoms with E-state index in [-0.39, 0.29) is 11.9 Å². The molecule has 4 rings (SSSR count). The molecule has 1 atom stereocenters. The molecule has 0 bridgehead atoms. The number of amides is 1. The molecule has 1 heterocycles. The van der Waals surface area contributed by atoms with Crippen molar-refractivity contribution < 1.29 is 4.79 Å². The third-order valence-electron chi connectivity index (χ3n) is 4.41. The second kappa shape index (κ2) is 5.73. The first-order chi connectivity index (χ1) is 11.3. The molecule has 23 heavy (non-hydrogen) atoms. The van der Waals surface area contributed by atoms with Crippen molar-refractivity contribution in [2.45, 2.75) is 12.5 Å². The molecule has 0 spiro atoms. The van der Waals surface area contributed by atoms with Crippen LogP contribution in [0.25, 0.3) is 0 Å². The van der Waals surface area contributed by atoms with Gasteiger partial charge < -0.3 is 4.90 Å². The Hall–Kier alpha value is -2.87. The van der Waals surface area contributed by atoms with E-state index in [2.05, 4.69) is 18.2 Å². The van der Waals surface area contributed by atoms with Crippen LogP contribution in [0, 0.1) is 0 Å². The maximum absolute atomic E-state index is 13.1. The van der Waals surface area contributed by atoms with Crippen molar-refractivity contribution in [3.05, 3.63) is 102 Å². The summed E-state index contributed by atoms with van der Waals surface area (Å²) in [6.07, 6.45) is 0.834.